The van der Waals surface area contributed by atoms with Crippen molar-refractivity contribution in [3.05, 3.63) is 0 Å². The molecule has 2 heteroatoms. The van der Waals surface area contributed by atoms with Crippen molar-refractivity contribution >= 4 is 5.97 Å². The summed E-state index contributed by atoms with van der Waals surface area (Å²) in [6, 6.07) is 0. The fourth-order valence-corrected chi connectivity index (χ4v) is 6.02. The zero-order chi connectivity index (χ0) is 28.7. The average molecular weight is 551 g/mol. The Bertz CT molecular complexity index is 474. The van der Waals surface area contributed by atoms with Gasteiger partial charge in [-0.1, -0.05) is 182 Å². The lowest BCUT2D eigenvalue weighted by Crippen LogP contribution is -2.17. The fraction of sp³-hybridized carbons (Fsp3) is 0.973. The van der Waals surface area contributed by atoms with Crippen LogP contribution in [0.3, 0.4) is 0 Å². The minimum Gasteiger partial charge on any atom is -0.465 e. The normalized spacial score (nSPS) is 13.0. The van der Waals surface area contributed by atoms with Gasteiger partial charge in [0.1, 0.15) is 0 Å². The van der Waals surface area contributed by atoms with E-state index < -0.39 is 0 Å². The molecule has 0 amide bonds. The molecule has 0 saturated carbocycles. The highest BCUT2D eigenvalue weighted by molar-refractivity contribution is 5.69. The summed E-state index contributed by atoms with van der Waals surface area (Å²) < 4.78 is 6.00. The van der Waals surface area contributed by atoms with E-state index in [0.717, 1.165) is 0 Å². The Morgan fingerprint density at radius 1 is 0.410 bits per heavy atom. The van der Waals surface area contributed by atoms with Crippen LogP contribution < -0.4 is 0 Å². The first-order valence-electron chi connectivity index (χ1n) is 18.3. The monoisotopic (exact) mass is 551 g/mol. The molecule has 234 valence electrons. The van der Waals surface area contributed by atoms with E-state index in [9.17, 15) is 4.79 Å². The van der Waals surface area contributed by atoms with Gasteiger partial charge >= 0.3 is 5.97 Å². The summed E-state index contributed by atoms with van der Waals surface area (Å²) in [7, 11) is 0. The van der Waals surface area contributed by atoms with Crippen molar-refractivity contribution in [3.8, 4) is 0 Å². The maximum Gasteiger partial charge on any atom is 0.306 e. The van der Waals surface area contributed by atoms with Crippen LogP contribution in [-0.2, 0) is 9.53 Å². The predicted molar refractivity (Wildman–Crippen MR) is 175 cm³/mol. The Morgan fingerprint density at radius 2 is 0.692 bits per heavy atom. The zero-order valence-corrected chi connectivity index (χ0v) is 27.7. The van der Waals surface area contributed by atoms with Crippen LogP contribution in [0.25, 0.3) is 0 Å². The van der Waals surface area contributed by atoms with Crippen molar-refractivity contribution in [3.63, 3.8) is 0 Å². The molecule has 0 saturated heterocycles. The molecule has 0 aromatic carbocycles. The SMILES string of the molecule is CCCCCCCCCCC(CCCCCCCC)COC(=O)CC(CCCCCC)CCCCCCCC. The summed E-state index contributed by atoms with van der Waals surface area (Å²) in [5.74, 6) is 1.19. The van der Waals surface area contributed by atoms with E-state index in [1.54, 1.807) is 0 Å². The molecule has 0 aliphatic heterocycles. The Balaban J connectivity index is 4.51. The maximum atomic E-state index is 12.9. The van der Waals surface area contributed by atoms with Gasteiger partial charge in [-0.05, 0) is 37.5 Å². The third kappa shape index (κ3) is 28.8. The second kappa shape index (κ2) is 32.0. The van der Waals surface area contributed by atoms with E-state index in [1.807, 2.05) is 0 Å². The van der Waals surface area contributed by atoms with Crippen LogP contribution in [-0.4, -0.2) is 12.6 Å². The van der Waals surface area contributed by atoms with E-state index in [4.69, 9.17) is 4.74 Å². The fourth-order valence-electron chi connectivity index (χ4n) is 6.02. The molecular formula is C37H74O2. The predicted octanol–water partition coefficient (Wildman–Crippen LogP) is 13.2. The molecule has 0 aromatic heterocycles. The highest BCUT2D eigenvalue weighted by Gasteiger charge is 2.17. The zero-order valence-electron chi connectivity index (χ0n) is 27.7. The standard InChI is InChI=1S/C37H74O2/c1-5-9-13-17-20-21-24-28-32-36(31-27-23-19-15-11-7-3)34-39-37(38)33-35(29-25-16-12-8-4)30-26-22-18-14-10-6-2/h35-36H,5-34H2,1-4H3. The number of rotatable bonds is 32. The van der Waals surface area contributed by atoms with Gasteiger partial charge in [-0.3, -0.25) is 4.79 Å². The number of carbonyl (C=O) groups is 1. The molecule has 0 bridgehead atoms. The van der Waals surface area contributed by atoms with Crippen molar-refractivity contribution in [2.75, 3.05) is 6.61 Å². The molecular weight excluding hydrogens is 476 g/mol. The first kappa shape index (κ1) is 38.5. The highest BCUT2D eigenvalue weighted by atomic mass is 16.5. The van der Waals surface area contributed by atoms with Gasteiger partial charge < -0.3 is 4.74 Å². The third-order valence-corrected chi connectivity index (χ3v) is 8.80. The molecule has 2 nitrogen and oxygen atoms in total. The van der Waals surface area contributed by atoms with E-state index in [2.05, 4.69) is 27.7 Å². The summed E-state index contributed by atoms with van der Waals surface area (Å²) in [5, 5.41) is 0. The number of unbranched alkanes of at least 4 members (excludes halogenated alkanes) is 20. The lowest BCUT2D eigenvalue weighted by molar-refractivity contribution is -0.146. The first-order chi connectivity index (χ1) is 19.2. The topological polar surface area (TPSA) is 26.3 Å². The van der Waals surface area contributed by atoms with Gasteiger partial charge in [0.05, 0.1) is 6.61 Å². The van der Waals surface area contributed by atoms with Crippen LogP contribution >= 0.6 is 0 Å². The second-order valence-electron chi connectivity index (χ2n) is 12.8. The molecule has 0 aliphatic carbocycles. The molecule has 2 atom stereocenters. The van der Waals surface area contributed by atoms with Crippen LogP contribution in [0, 0.1) is 11.8 Å². The maximum absolute atomic E-state index is 12.9. The Kier molecular flexibility index (Phi) is 31.6. The van der Waals surface area contributed by atoms with Crippen LogP contribution in [0.4, 0.5) is 0 Å². The Labute approximate surface area is 247 Å². The smallest absolute Gasteiger partial charge is 0.306 e. The largest absolute Gasteiger partial charge is 0.465 e. The molecule has 39 heavy (non-hydrogen) atoms. The molecule has 0 heterocycles. The summed E-state index contributed by atoms with van der Waals surface area (Å²) >= 11 is 0. The van der Waals surface area contributed by atoms with E-state index in [-0.39, 0.29) is 5.97 Å². The number of esters is 1. The van der Waals surface area contributed by atoms with Gasteiger partial charge in [0.25, 0.3) is 0 Å². The van der Waals surface area contributed by atoms with Gasteiger partial charge in [-0.15, -0.1) is 0 Å². The van der Waals surface area contributed by atoms with Gasteiger partial charge in [-0.25, -0.2) is 0 Å². The molecule has 2 unspecified atom stereocenters. The molecule has 0 spiro atoms. The molecule has 0 aromatic rings. The molecule has 0 radical (unpaired) electrons. The van der Waals surface area contributed by atoms with Crippen molar-refractivity contribution in [1.29, 1.82) is 0 Å². The van der Waals surface area contributed by atoms with Crippen molar-refractivity contribution in [2.45, 2.75) is 214 Å². The van der Waals surface area contributed by atoms with Crippen molar-refractivity contribution in [2.24, 2.45) is 11.8 Å². The summed E-state index contributed by atoms with van der Waals surface area (Å²) in [4.78, 5) is 12.9. The summed E-state index contributed by atoms with van der Waals surface area (Å²) in [6.07, 6.45) is 37.9. The van der Waals surface area contributed by atoms with Crippen molar-refractivity contribution < 1.29 is 9.53 Å². The average Bonchev–Trinajstić information content (AvgIpc) is 2.94. The quantitative estimate of drug-likeness (QED) is 0.0615. The molecule has 0 aliphatic rings. The summed E-state index contributed by atoms with van der Waals surface area (Å²) in [6.45, 7) is 9.81. The number of hydrogen-bond acceptors (Lipinski definition) is 2. The van der Waals surface area contributed by atoms with Crippen LogP contribution in [0.5, 0.6) is 0 Å². The Morgan fingerprint density at radius 3 is 1.05 bits per heavy atom. The molecule has 0 rings (SSSR count). The van der Waals surface area contributed by atoms with Crippen LogP contribution in [0.1, 0.15) is 214 Å². The molecule has 0 N–H and O–H groups in total. The van der Waals surface area contributed by atoms with Gasteiger partial charge in [0.2, 0.25) is 0 Å². The lowest BCUT2D eigenvalue weighted by atomic mass is 9.91. The minimum absolute atomic E-state index is 0.0883. The van der Waals surface area contributed by atoms with Crippen LogP contribution in [0.2, 0.25) is 0 Å². The van der Waals surface area contributed by atoms with Crippen molar-refractivity contribution in [1.82, 2.24) is 0 Å². The highest BCUT2D eigenvalue weighted by Crippen LogP contribution is 2.24. The lowest BCUT2D eigenvalue weighted by Gasteiger charge is -2.20. The third-order valence-electron chi connectivity index (χ3n) is 8.80. The number of hydrogen-bond donors (Lipinski definition) is 0. The molecule has 0 fully saturated rings. The first-order valence-corrected chi connectivity index (χ1v) is 18.3. The van der Waals surface area contributed by atoms with Gasteiger partial charge in [0, 0.05) is 6.42 Å². The van der Waals surface area contributed by atoms with Crippen LogP contribution in [0.15, 0.2) is 0 Å². The van der Waals surface area contributed by atoms with E-state index >= 15 is 0 Å². The minimum atomic E-state index is 0.0883. The Hall–Kier alpha value is -0.530. The number of ether oxygens (including phenoxy) is 1. The van der Waals surface area contributed by atoms with E-state index in [0.29, 0.717) is 24.9 Å². The number of carbonyl (C=O) groups excluding carboxylic acids is 1. The van der Waals surface area contributed by atoms with Gasteiger partial charge in [0.15, 0.2) is 0 Å². The summed E-state index contributed by atoms with van der Waals surface area (Å²) in [5.41, 5.74) is 0. The second-order valence-corrected chi connectivity index (χ2v) is 12.8. The van der Waals surface area contributed by atoms with Gasteiger partial charge in [-0.2, -0.15) is 0 Å². The van der Waals surface area contributed by atoms with E-state index in [1.165, 1.54) is 180 Å².